The molecule has 2 N–H and O–H groups in total. The van der Waals surface area contributed by atoms with Crippen molar-refractivity contribution in [2.45, 2.75) is 31.7 Å². The van der Waals surface area contributed by atoms with Crippen LogP contribution in [0.25, 0.3) is 10.9 Å². The SMILES string of the molecule is Cc1[nH]c2ccccc2c1C1(C(=O)NCc2ccc(F)cc2)CC1. The van der Waals surface area contributed by atoms with Gasteiger partial charge in [0.05, 0.1) is 5.41 Å². The van der Waals surface area contributed by atoms with Crippen molar-refractivity contribution < 1.29 is 9.18 Å². The summed E-state index contributed by atoms with van der Waals surface area (Å²) in [4.78, 5) is 16.2. The average Bonchev–Trinajstić information content (AvgIpc) is 3.31. The first-order valence-corrected chi connectivity index (χ1v) is 8.21. The van der Waals surface area contributed by atoms with Gasteiger partial charge in [0.25, 0.3) is 0 Å². The van der Waals surface area contributed by atoms with Crippen LogP contribution in [0.4, 0.5) is 4.39 Å². The molecule has 1 saturated carbocycles. The predicted molar refractivity (Wildman–Crippen MR) is 92.2 cm³/mol. The number of H-pyrrole nitrogens is 1. The fraction of sp³-hybridized carbons (Fsp3) is 0.250. The van der Waals surface area contributed by atoms with Gasteiger partial charge in [0.2, 0.25) is 5.91 Å². The molecule has 1 aliphatic rings. The molecule has 1 amide bonds. The molecule has 122 valence electrons. The maximum Gasteiger partial charge on any atom is 0.231 e. The molecule has 1 fully saturated rings. The number of hydrogen-bond acceptors (Lipinski definition) is 1. The van der Waals surface area contributed by atoms with Gasteiger partial charge in [0.1, 0.15) is 5.82 Å². The number of carbonyl (C=O) groups is 1. The fourth-order valence-corrected chi connectivity index (χ4v) is 3.56. The highest BCUT2D eigenvalue weighted by Gasteiger charge is 2.53. The van der Waals surface area contributed by atoms with Crippen LogP contribution in [0.1, 0.15) is 29.7 Å². The Bertz CT molecular complexity index is 907. The molecule has 3 aromatic rings. The van der Waals surface area contributed by atoms with Crippen LogP contribution in [-0.2, 0) is 16.8 Å². The Morgan fingerprint density at radius 2 is 1.88 bits per heavy atom. The number of para-hydroxylation sites is 1. The lowest BCUT2D eigenvalue weighted by molar-refractivity contribution is -0.123. The van der Waals surface area contributed by atoms with Crippen LogP contribution in [0.2, 0.25) is 0 Å². The Hall–Kier alpha value is -2.62. The van der Waals surface area contributed by atoms with Gasteiger partial charge in [-0.2, -0.15) is 0 Å². The summed E-state index contributed by atoms with van der Waals surface area (Å²) < 4.78 is 13.0. The minimum absolute atomic E-state index is 0.0553. The van der Waals surface area contributed by atoms with Crippen molar-refractivity contribution in [2.75, 3.05) is 0 Å². The van der Waals surface area contributed by atoms with E-state index in [1.807, 2.05) is 25.1 Å². The molecule has 0 atom stereocenters. The number of benzene rings is 2. The van der Waals surface area contributed by atoms with Gasteiger partial charge in [-0.05, 0) is 49.1 Å². The van der Waals surface area contributed by atoms with Gasteiger partial charge in [-0.3, -0.25) is 4.79 Å². The van der Waals surface area contributed by atoms with Gasteiger partial charge >= 0.3 is 0 Å². The minimum Gasteiger partial charge on any atom is -0.358 e. The molecule has 0 bridgehead atoms. The first-order valence-electron chi connectivity index (χ1n) is 8.21. The summed E-state index contributed by atoms with van der Waals surface area (Å²) in [6, 6.07) is 14.3. The van der Waals surface area contributed by atoms with E-state index < -0.39 is 5.41 Å². The number of aryl methyl sites for hydroxylation is 1. The quantitative estimate of drug-likeness (QED) is 0.750. The second-order valence-corrected chi connectivity index (χ2v) is 6.56. The highest BCUT2D eigenvalue weighted by molar-refractivity contribution is 5.98. The summed E-state index contributed by atoms with van der Waals surface area (Å²) in [7, 11) is 0. The van der Waals surface area contributed by atoms with Crippen molar-refractivity contribution in [3.63, 3.8) is 0 Å². The maximum absolute atomic E-state index is 13.0. The number of aromatic amines is 1. The lowest BCUT2D eigenvalue weighted by Crippen LogP contribution is -2.34. The van der Waals surface area contributed by atoms with Crippen LogP contribution in [0, 0.1) is 12.7 Å². The lowest BCUT2D eigenvalue weighted by Gasteiger charge is -2.16. The van der Waals surface area contributed by atoms with E-state index in [4.69, 9.17) is 0 Å². The van der Waals surface area contributed by atoms with Gasteiger partial charge in [-0.25, -0.2) is 4.39 Å². The highest BCUT2D eigenvalue weighted by Crippen LogP contribution is 2.52. The van der Waals surface area contributed by atoms with Gasteiger partial charge in [0, 0.05) is 23.1 Å². The first kappa shape index (κ1) is 14.9. The largest absolute Gasteiger partial charge is 0.358 e. The molecule has 24 heavy (non-hydrogen) atoms. The number of carbonyl (C=O) groups excluding carboxylic acids is 1. The number of hydrogen-bond donors (Lipinski definition) is 2. The Balaban J connectivity index is 1.59. The third-order valence-electron chi connectivity index (χ3n) is 4.92. The highest BCUT2D eigenvalue weighted by atomic mass is 19.1. The summed E-state index contributed by atoms with van der Waals surface area (Å²) >= 11 is 0. The Morgan fingerprint density at radius 1 is 1.17 bits per heavy atom. The number of nitrogens with one attached hydrogen (secondary N) is 2. The Labute approximate surface area is 139 Å². The van der Waals surface area contributed by atoms with E-state index in [0.29, 0.717) is 6.54 Å². The topological polar surface area (TPSA) is 44.9 Å². The van der Waals surface area contributed by atoms with E-state index in [9.17, 15) is 9.18 Å². The summed E-state index contributed by atoms with van der Waals surface area (Å²) in [6.45, 7) is 2.45. The standard InChI is InChI=1S/C20H19FN2O/c1-13-18(16-4-2-3-5-17(16)23-13)20(10-11-20)19(24)22-12-14-6-8-15(21)9-7-14/h2-9,23H,10-12H2,1H3,(H,22,24). The molecule has 0 aliphatic heterocycles. The zero-order chi connectivity index (χ0) is 16.7. The number of rotatable bonds is 4. The van der Waals surface area contributed by atoms with Gasteiger partial charge in [-0.1, -0.05) is 30.3 Å². The van der Waals surface area contributed by atoms with Crippen LogP contribution in [0.3, 0.4) is 0 Å². The van der Waals surface area contributed by atoms with Crippen LogP contribution < -0.4 is 5.32 Å². The molecule has 1 aromatic heterocycles. The van der Waals surface area contributed by atoms with Crippen molar-refractivity contribution in [3.05, 3.63) is 71.2 Å². The van der Waals surface area contributed by atoms with Crippen molar-refractivity contribution in [1.29, 1.82) is 0 Å². The van der Waals surface area contributed by atoms with E-state index >= 15 is 0 Å². The number of aromatic nitrogens is 1. The monoisotopic (exact) mass is 322 g/mol. The lowest BCUT2D eigenvalue weighted by atomic mass is 9.92. The molecule has 3 nitrogen and oxygen atoms in total. The van der Waals surface area contributed by atoms with Crippen molar-refractivity contribution >= 4 is 16.8 Å². The van der Waals surface area contributed by atoms with Gasteiger partial charge < -0.3 is 10.3 Å². The van der Waals surface area contributed by atoms with E-state index in [0.717, 1.165) is 40.6 Å². The molecule has 0 radical (unpaired) electrons. The molecule has 4 rings (SSSR count). The van der Waals surface area contributed by atoms with Crippen LogP contribution in [-0.4, -0.2) is 10.9 Å². The first-order chi connectivity index (χ1) is 11.6. The molecule has 1 heterocycles. The maximum atomic E-state index is 13.0. The van der Waals surface area contributed by atoms with Crippen LogP contribution in [0.15, 0.2) is 48.5 Å². The smallest absolute Gasteiger partial charge is 0.231 e. The molecule has 0 spiro atoms. The molecule has 0 saturated heterocycles. The Morgan fingerprint density at radius 3 is 2.58 bits per heavy atom. The second-order valence-electron chi connectivity index (χ2n) is 6.56. The molecule has 4 heteroatoms. The zero-order valence-corrected chi connectivity index (χ0v) is 13.5. The number of amides is 1. The van der Waals surface area contributed by atoms with Crippen LogP contribution in [0.5, 0.6) is 0 Å². The average molecular weight is 322 g/mol. The van der Waals surface area contributed by atoms with Crippen molar-refractivity contribution in [2.24, 2.45) is 0 Å². The fourth-order valence-electron chi connectivity index (χ4n) is 3.56. The summed E-state index contributed by atoms with van der Waals surface area (Å²) in [5.74, 6) is -0.210. The third kappa shape index (κ3) is 2.39. The van der Waals surface area contributed by atoms with Gasteiger partial charge in [-0.15, -0.1) is 0 Å². The molecule has 1 aliphatic carbocycles. The second kappa shape index (κ2) is 5.48. The van der Waals surface area contributed by atoms with Crippen molar-refractivity contribution in [3.8, 4) is 0 Å². The van der Waals surface area contributed by atoms with Crippen LogP contribution >= 0.6 is 0 Å². The summed E-state index contributed by atoms with van der Waals surface area (Å²) in [5, 5.41) is 4.16. The minimum atomic E-state index is -0.427. The number of halogens is 1. The molecule has 0 unspecified atom stereocenters. The summed E-state index contributed by atoms with van der Waals surface area (Å²) in [6.07, 6.45) is 1.73. The summed E-state index contributed by atoms with van der Waals surface area (Å²) in [5.41, 5.74) is 3.73. The predicted octanol–water partition coefficient (Wildman–Crippen LogP) is 3.96. The van der Waals surface area contributed by atoms with E-state index in [1.165, 1.54) is 12.1 Å². The van der Waals surface area contributed by atoms with Crippen molar-refractivity contribution in [1.82, 2.24) is 10.3 Å². The number of fused-ring (bicyclic) bond motifs is 1. The van der Waals surface area contributed by atoms with Gasteiger partial charge in [0.15, 0.2) is 0 Å². The molecule has 2 aromatic carbocycles. The molecular weight excluding hydrogens is 303 g/mol. The normalized spacial score (nSPS) is 15.4. The zero-order valence-electron chi connectivity index (χ0n) is 13.5. The molecular formula is C20H19FN2O. The van der Waals surface area contributed by atoms with E-state index in [2.05, 4.69) is 16.4 Å². The van der Waals surface area contributed by atoms with E-state index in [-0.39, 0.29) is 11.7 Å². The Kier molecular flexibility index (Phi) is 3.41. The third-order valence-corrected chi connectivity index (χ3v) is 4.92. The van der Waals surface area contributed by atoms with E-state index in [1.54, 1.807) is 12.1 Å².